The van der Waals surface area contributed by atoms with Crippen LogP contribution in [0.15, 0.2) is 4.99 Å². The molecular weight excluding hydrogens is 379 g/mol. The molecule has 0 aromatic rings. The zero-order chi connectivity index (χ0) is 15.0. The van der Waals surface area contributed by atoms with E-state index in [2.05, 4.69) is 41.7 Å². The molecule has 6 heteroatoms. The summed E-state index contributed by atoms with van der Waals surface area (Å²) in [6, 6.07) is 0. The molecule has 0 bridgehead atoms. The second-order valence-corrected chi connectivity index (χ2v) is 6.50. The van der Waals surface area contributed by atoms with E-state index in [1.165, 1.54) is 19.3 Å². The molecule has 0 atom stereocenters. The number of hydrogen-bond donors (Lipinski definition) is 3. The Balaban J connectivity index is 0.00000400. The fraction of sp³-hybridized carbons (Fsp3) is 0.867. The lowest BCUT2D eigenvalue weighted by Crippen LogP contribution is -2.49. The van der Waals surface area contributed by atoms with Gasteiger partial charge in [-0.05, 0) is 33.6 Å². The minimum atomic E-state index is -0.0206. The number of aliphatic imine (C=N–C) groups is 1. The van der Waals surface area contributed by atoms with Crippen molar-refractivity contribution in [1.82, 2.24) is 16.0 Å². The van der Waals surface area contributed by atoms with Crippen LogP contribution in [-0.4, -0.2) is 37.5 Å². The Morgan fingerprint density at radius 2 is 1.67 bits per heavy atom. The van der Waals surface area contributed by atoms with Crippen molar-refractivity contribution >= 4 is 35.8 Å². The molecule has 124 valence electrons. The first-order valence-electron chi connectivity index (χ1n) is 7.69. The summed E-state index contributed by atoms with van der Waals surface area (Å²) in [5, 5.41) is 9.50. The standard InChI is InChI=1S/C15H30N4O.HI/c1-15(2,3)19-14(16-4)18-11-10-17-13(20)12-8-6-5-7-9-12;/h12H,5-11H2,1-4H3,(H,17,20)(H2,16,18,19);1H. The highest BCUT2D eigenvalue weighted by atomic mass is 127. The maximum Gasteiger partial charge on any atom is 0.223 e. The van der Waals surface area contributed by atoms with Crippen molar-refractivity contribution in [2.75, 3.05) is 20.1 Å². The first-order chi connectivity index (χ1) is 9.42. The predicted molar refractivity (Wildman–Crippen MR) is 99.3 cm³/mol. The Labute approximate surface area is 146 Å². The molecule has 3 N–H and O–H groups in total. The monoisotopic (exact) mass is 410 g/mol. The Morgan fingerprint density at radius 1 is 1.10 bits per heavy atom. The quantitative estimate of drug-likeness (QED) is 0.288. The van der Waals surface area contributed by atoms with Gasteiger partial charge in [0.15, 0.2) is 5.96 Å². The topological polar surface area (TPSA) is 65.5 Å². The lowest BCUT2D eigenvalue weighted by Gasteiger charge is -2.24. The second kappa shape index (κ2) is 10.2. The van der Waals surface area contributed by atoms with E-state index in [4.69, 9.17) is 0 Å². The van der Waals surface area contributed by atoms with Gasteiger partial charge in [0, 0.05) is 31.6 Å². The van der Waals surface area contributed by atoms with Crippen LogP contribution in [0.5, 0.6) is 0 Å². The number of halogens is 1. The van der Waals surface area contributed by atoms with E-state index in [0.717, 1.165) is 18.8 Å². The van der Waals surface area contributed by atoms with E-state index in [1.54, 1.807) is 7.05 Å². The zero-order valence-electron chi connectivity index (χ0n) is 13.8. The molecule has 5 nitrogen and oxygen atoms in total. The Hall–Kier alpha value is -0.530. The van der Waals surface area contributed by atoms with Gasteiger partial charge in [0.2, 0.25) is 5.91 Å². The van der Waals surface area contributed by atoms with Crippen molar-refractivity contribution in [1.29, 1.82) is 0 Å². The molecular formula is C15H31IN4O. The average molecular weight is 410 g/mol. The van der Waals surface area contributed by atoms with Crippen LogP contribution >= 0.6 is 24.0 Å². The first kappa shape index (κ1) is 20.5. The number of rotatable bonds is 4. The highest BCUT2D eigenvalue weighted by molar-refractivity contribution is 14.0. The molecule has 0 aliphatic heterocycles. The van der Waals surface area contributed by atoms with E-state index in [1.807, 2.05) is 0 Å². The Morgan fingerprint density at radius 3 is 2.19 bits per heavy atom. The molecule has 0 radical (unpaired) electrons. The van der Waals surface area contributed by atoms with Crippen LogP contribution in [0, 0.1) is 5.92 Å². The molecule has 0 aromatic heterocycles. The van der Waals surface area contributed by atoms with Gasteiger partial charge >= 0.3 is 0 Å². The maximum absolute atomic E-state index is 12.0. The Kier molecular flexibility index (Phi) is 9.98. The van der Waals surface area contributed by atoms with Crippen molar-refractivity contribution in [3.63, 3.8) is 0 Å². The summed E-state index contributed by atoms with van der Waals surface area (Å²) in [4.78, 5) is 16.1. The average Bonchev–Trinajstić information content (AvgIpc) is 2.41. The SMILES string of the molecule is CN=C(NCCNC(=O)C1CCCCC1)NC(C)(C)C.I. The fourth-order valence-electron chi connectivity index (χ4n) is 2.41. The lowest BCUT2D eigenvalue weighted by molar-refractivity contribution is -0.125. The molecule has 1 aliphatic carbocycles. The number of nitrogens with one attached hydrogen (secondary N) is 3. The van der Waals surface area contributed by atoms with Gasteiger partial charge in [-0.3, -0.25) is 9.79 Å². The van der Waals surface area contributed by atoms with Crippen LogP contribution in [-0.2, 0) is 4.79 Å². The third kappa shape index (κ3) is 9.16. The summed E-state index contributed by atoms with van der Waals surface area (Å²) >= 11 is 0. The summed E-state index contributed by atoms with van der Waals surface area (Å²) in [5.41, 5.74) is -0.0206. The van der Waals surface area contributed by atoms with Crippen LogP contribution < -0.4 is 16.0 Å². The molecule has 1 amide bonds. The third-order valence-corrected chi connectivity index (χ3v) is 3.41. The van der Waals surface area contributed by atoms with Crippen LogP contribution in [0.2, 0.25) is 0 Å². The van der Waals surface area contributed by atoms with Gasteiger partial charge in [0.05, 0.1) is 0 Å². The molecule has 21 heavy (non-hydrogen) atoms. The van der Waals surface area contributed by atoms with E-state index < -0.39 is 0 Å². The van der Waals surface area contributed by atoms with Gasteiger partial charge in [-0.1, -0.05) is 19.3 Å². The van der Waals surface area contributed by atoms with Gasteiger partial charge in [0.25, 0.3) is 0 Å². The smallest absolute Gasteiger partial charge is 0.223 e. The van der Waals surface area contributed by atoms with Crippen molar-refractivity contribution in [2.24, 2.45) is 10.9 Å². The van der Waals surface area contributed by atoms with Crippen molar-refractivity contribution < 1.29 is 4.79 Å². The van der Waals surface area contributed by atoms with Crippen molar-refractivity contribution in [3.05, 3.63) is 0 Å². The van der Waals surface area contributed by atoms with E-state index in [-0.39, 0.29) is 41.3 Å². The molecule has 0 saturated heterocycles. The molecule has 0 aromatic carbocycles. The molecule has 0 heterocycles. The number of amides is 1. The number of guanidine groups is 1. The summed E-state index contributed by atoms with van der Waals surface area (Å²) in [6.45, 7) is 7.59. The molecule has 1 aliphatic rings. The summed E-state index contributed by atoms with van der Waals surface area (Å²) in [6.07, 6.45) is 5.76. The van der Waals surface area contributed by atoms with Crippen LogP contribution in [0.4, 0.5) is 0 Å². The normalized spacial score (nSPS) is 16.9. The van der Waals surface area contributed by atoms with Gasteiger partial charge in [-0.15, -0.1) is 24.0 Å². The lowest BCUT2D eigenvalue weighted by atomic mass is 9.89. The zero-order valence-corrected chi connectivity index (χ0v) is 16.1. The molecule has 0 unspecified atom stereocenters. The highest BCUT2D eigenvalue weighted by Crippen LogP contribution is 2.23. The minimum absolute atomic E-state index is 0. The number of carbonyl (C=O) groups is 1. The molecule has 1 fully saturated rings. The predicted octanol–water partition coefficient (Wildman–Crippen LogP) is 2.26. The first-order valence-corrected chi connectivity index (χ1v) is 7.69. The molecule has 1 saturated carbocycles. The largest absolute Gasteiger partial charge is 0.355 e. The van der Waals surface area contributed by atoms with E-state index in [0.29, 0.717) is 13.1 Å². The summed E-state index contributed by atoms with van der Waals surface area (Å²) in [7, 11) is 1.75. The molecule has 0 spiro atoms. The van der Waals surface area contributed by atoms with Crippen molar-refractivity contribution in [3.8, 4) is 0 Å². The second-order valence-electron chi connectivity index (χ2n) is 6.50. The summed E-state index contributed by atoms with van der Waals surface area (Å²) < 4.78 is 0. The van der Waals surface area contributed by atoms with Gasteiger partial charge < -0.3 is 16.0 Å². The summed E-state index contributed by atoms with van der Waals surface area (Å²) in [5.74, 6) is 1.21. The maximum atomic E-state index is 12.0. The van der Waals surface area contributed by atoms with Crippen LogP contribution in [0.1, 0.15) is 52.9 Å². The van der Waals surface area contributed by atoms with Crippen LogP contribution in [0.3, 0.4) is 0 Å². The number of nitrogens with zero attached hydrogens (tertiary/aromatic N) is 1. The van der Waals surface area contributed by atoms with Gasteiger partial charge in [-0.25, -0.2) is 0 Å². The van der Waals surface area contributed by atoms with E-state index >= 15 is 0 Å². The minimum Gasteiger partial charge on any atom is -0.355 e. The van der Waals surface area contributed by atoms with Gasteiger partial charge in [-0.2, -0.15) is 0 Å². The molecule has 1 rings (SSSR count). The fourth-order valence-corrected chi connectivity index (χ4v) is 2.41. The number of hydrogen-bond acceptors (Lipinski definition) is 2. The third-order valence-electron chi connectivity index (χ3n) is 3.41. The van der Waals surface area contributed by atoms with E-state index in [9.17, 15) is 4.79 Å². The van der Waals surface area contributed by atoms with Gasteiger partial charge in [0.1, 0.15) is 0 Å². The van der Waals surface area contributed by atoms with Crippen LogP contribution in [0.25, 0.3) is 0 Å². The number of carbonyl (C=O) groups excluding carboxylic acids is 1. The highest BCUT2D eigenvalue weighted by Gasteiger charge is 2.20. The van der Waals surface area contributed by atoms with Crippen molar-refractivity contribution in [2.45, 2.75) is 58.4 Å². The Bertz CT molecular complexity index is 333.